The van der Waals surface area contributed by atoms with Crippen LogP contribution < -0.4 is 10.2 Å². The van der Waals surface area contributed by atoms with Crippen LogP contribution in [0.25, 0.3) is 11.3 Å². The first-order valence-electron chi connectivity index (χ1n) is 9.46. The van der Waals surface area contributed by atoms with Gasteiger partial charge in [-0.1, -0.05) is 66.2 Å². The largest absolute Gasteiger partial charge is 0.489 e. The number of aromatic nitrogens is 1. The van der Waals surface area contributed by atoms with Crippen molar-refractivity contribution in [1.82, 2.24) is 4.98 Å². The van der Waals surface area contributed by atoms with Gasteiger partial charge in [0.1, 0.15) is 12.4 Å². The van der Waals surface area contributed by atoms with Crippen molar-refractivity contribution >= 4 is 34.3 Å². The summed E-state index contributed by atoms with van der Waals surface area (Å²) in [6.45, 7) is 2.55. The molecular weight excluding hydrogens is 414 g/mol. The fourth-order valence-corrected chi connectivity index (χ4v) is 3.81. The number of ether oxygens (including phenoxy) is 1. The van der Waals surface area contributed by atoms with E-state index in [-0.39, 0.29) is 0 Å². The first kappa shape index (κ1) is 20.1. The Morgan fingerprint density at radius 1 is 1.03 bits per heavy atom. The number of hydrogen-bond acceptors (Lipinski definition) is 5. The molecule has 0 aliphatic heterocycles. The Labute approximate surface area is 184 Å². The van der Waals surface area contributed by atoms with Crippen molar-refractivity contribution < 1.29 is 4.74 Å². The van der Waals surface area contributed by atoms with Crippen molar-refractivity contribution in [1.29, 1.82) is 0 Å². The number of nitrogens with zero attached hydrogens (tertiary/aromatic N) is 2. The second-order valence-corrected chi connectivity index (χ2v) is 8.29. The summed E-state index contributed by atoms with van der Waals surface area (Å²) >= 11 is 7.50. The Morgan fingerprint density at radius 3 is 2.63 bits per heavy atom. The maximum absolute atomic E-state index is 5.92. The molecule has 150 valence electrons. The summed E-state index contributed by atoms with van der Waals surface area (Å²) in [6, 6.07) is 25.6. The van der Waals surface area contributed by atoms with Crippen LogP contribution in [0.4, 0.5) is 5.13 Å². The second-order valence-electron chi connectivity index (χ2n) is 6.65. The van der Waals surface area contributed by atoms with Gasteiger partial charge in [0, 0.05) is 15.5 Å². The Kier molecular flexibility index (Phi) is 6.42. The van der Waals surface area contributed by atoms with E-state index in [0.29, 0.717) is 6.61 Å². The molecule has 0 spiro atoms. The van der Waals surface area contributed by atoms with E-state index in [1.807, 2.05) is 66.7 Å². The predicted molar refractivity (Wildman–Crippen MR) is 126 cm³/mol. The molecule has 4 rings (SSSR count). The molecule has 0 unspecified atom stereocenters. The Morgan fingerprint density at radius 2 is 1.83 bits per heavy atom. The average Bonchev–Trinajstić information content (AvgIpc) is 3.15. The predicted octanol–water partition coefficient (Wildman–Crippen LogP) is 6.80. The highest BCUT2D eigenvalue weighted by molar-refractivity contribution is 7.15. The fraction of sp³-hybridized carbons (Fsp3) is 0.0833. The summed E-state index contributed by atoms with van der Waals surface area (Å²) in [5, 5.41) is 5.81. The molecule has 0 aliphatic carbocycles. The van der Waals surface area contributed by atoms with E-state index < -0.39 is 0 Å². The molecule has 0 bridgehead atoms. The molecule has 6 heteroatoms. The summed E-state index contributed by atoms with van der Waals surface area (Å²) in [5.41, 5.74) is 7.12. The van der Waals surface area contributed by atoms with Crippen molar-refractivity contribution in [3.05, 3.63) is 99.9 Å². The van der Waals surface area contributed by atoms with Crippen LogP contribution >= 0.6 is 22.9 Å². The van der Waals surface area contributed by atoms with E-state index in [4.69, 9.17) is 16.3 Å². The molecule has 0 radical (unpaired) electrons. The van der Waals surface area contributed by atoms with Crippen LogP contribution in [0.2, 0.25) is 5.02 Å². The minimum atomic E-state index is 0.483. The van der Waals surface area contributed by atoms with Crippen LogP contribution in [0.3, 0.4) is 0 Å². The summed E-state index contributed by atoms with van der Waals surface area (Å²) in [4.78, 5) is 5.81. The average molecular weight is 434 g/mol. The van der Waals surface area contributed by atoms with Crippen LogP contribution in [0, 0.1) is 6.92 Å². The third-order valence-corrected chi connectivity index (χ3v) is 5.52. The van der Waals surface area contributed by atoms with Gasteiger partial charge in [0.15, 0.2) is 0 Å². The van der Waals surface area contributed by atoms with Gasteiger partial charge in [0.2, 0.25) is 5.13 Å². The van der Waals surface area contributed by atoms with Crippen molar-refractivity contribution in [2.45, 2.75) is 13.5 Å². The molecule has 0 atom stereocenters. The zero-order valence-electron chi connectivity index (χ0n) is 16.4. The number of hydrazone groups is 1. The van der Waals surface area contributed by atoms with Crippen LogP contribution in [-0.2, 0) is 6.61 Å². The minimum Gasteiger partial charge on any atom is -0.489 e. The SMILES string of the molecule is Cc1sc(N/N=C/c2cccc(OCc3ccc(Cl)cc3)c2)nc1-c1ccccc1. The number of hydrogen-bond donors (Lipinski definition) is 1. The van der Waals surface area contributed by atoms with E-state index in [9.17, 15) is 0 Å². The Hall–Kier alpha value is -3.15. The van der Waals surface area contributed by atoms with Gasteiger partial charge in [-0.25, -0.2) is 4.98 Å². The first-order chi connectivity index (χ1) is 14.7. The number of aryl methyl sites for hydroxylation is 1. The summed E-state index contributed by atoms with van der Waals surface area (Å²) in [7, 11) is 0. The van der Waals surface area contributed by atoms with Gasteiger partial charge in [-0.2, -0.15) is 5.10 Å². The smallest absolute Gasteiger partial charge is 0.204 e. The van der Waals surface area contributed by atoms with Gasteiger partial charge < -0.3 is 4.74 Å². The number of benzene rings is 3. The maximum atomic E-state index is 5.92. The molecule has 4 aromatic rings. The highest BCUT2D eigenvalue weighted by Gasteiger charge is 2.08. The number of thiazole rings is 1. The van der Waals surface area contributed by atoms with Crippen molar-refractivity contribution in [3.63, 3.8) is 0 Å². The van der Waals surface area contributed by atoms with Gasteiger partial charge in [-0.3, -0.25) is 5.43 Å². The Bertz CT molecular complexity index is 1140. The molecule has 1 aromatic heterocycles. The van der Waals surface area contributed by atoms with Gasteiger partial charge >= 0.3 is 0 Å². The second kappa shape index (κ2) is 9.57. The van der Waals surface area contributed by atoms with Gasteiger partial charge in [0.25, 0.3) is 0 Å². The molecule has 0 aliphatic rings. The number of halogens is 1. The zero-order chi connectivity index (χ0) is 20.8. The first-order valence-corrected chi connectivity index (χ1v) is 10.7. The maximum Gasteiger partial charge on any atom is 0.204 e. The van der Waals surface area contributed by atoms with Crippen LogP contribution in [-0.4, -0.2) is 11.2 Å². The highest BCUT2D eigenvalue weighted by Crippen LogP contribution is 2.30. The fourth-order valence-electron chi connectivity index (χ4n) is 2.90. The lowest BCUT2D eigenvalue weighted by Crippen LogP contribution is -1.96. The molecule has 4 nitrogen and oxygen atoms in total. The lowest BCUT2D eigenvalue weighted by Gasteiger charge is -2.07. The van der Waals surface area contributed by atoms with Crippen molar-refractivity contribution in [2.75, 3.05) is 5.43 Å². The molecule has 0 fully saturated rings. The summed E-state index contributed by atoms with van der Waals surface area (Å²) in [5.74, 6) is 0.783. The zero-order valence-corrected chi connectivity index (χ0v) is 18.0. The summed E-state index contributed by atoms with van der Waals surface area (Å²) < 4.78 is 5.87. The molecule has 0 saturated heterocycles. The van der Waals surface area contributed by atoms with Gasteiger partial charge in [-0.15, -0.1) is 11.3 Å². The van der Waals surface area contributed by atoms with Gasteiger partial charge in [-0.05, 0) is 42.3 Å². The van der Waals surface area contributed by atoms with Crippen LogP contribution in [0.1, 0.15) is 16.0 Å². The summed E-state index contributed by atoms with van der Waals surface area (Å²) in [6.07, 6.45) is 1.76. The number of rotatable bonds is 7. The monoisotopic (exact) mass is 433 g/mol. The molecule has 3 aromatic carbocycles. The van der Waals surface area contributed by atoms with Crippen LogP contribution in [0.15, 0.2) is 84.0 Å². The van der Waals surface area contributed by atoms with E-state index in [1.165, 1.54) is 0 Å². The number of nitrogens with one attached hydrogen (secondary N) is 1. The lowest BCUT2D eigenvalue weighted by molar-refractivity contribution is 0.306. The molecule has 1 N–H and O–H groups in total. The van der Waals surface area contributed by atoms with Crippen molar-refractivity contribution in [2.24, 2.45) is 5.10 Å². The Balaban J connectivity index is 1.38. The quantitative estimate of drug-likeness (QED) is 0.257. The highest BCUT2D eigenvalue weighted by atomic mass is 35.5. The molecular formula is C24H20ClN3OS. The van der Waals surface area contributed by atoms with Crippen molar-refractivity contribution in [3.8, 4) is 17.0 Å². The molecule has 30 heavy (non-hydrogen) atoms. The molecule has 0 amide bonds. The van der Waals surface area contributed by atoms with E-state index >= 15 is 0 Å². The normalized spacial score (nSPS) is 11.0. The lowest BCUT2D eigenvalue weighted by atomic mass is 10.1. The van der Waals surface area contributed by atoms with E-state index in [2.05, 4.69) is 34.6 Å². The standard InChI is InChI=1S/C24H20ClN3OS/c1-17-23(20-7-3-2-4-8-20)27-24(30-17)28-26-15-19-6-5-9-22(14-19)29-16-18-10-12-21(25)13-11-18/h2-15H,16H2,1H3,(H,27,28)/b26-15+. The minimum absolute atomic E-state index is 0.483. The third kappa shape index (κ3) is 5.26. The van der Waals surface area contributed by atoms with Crippen LogP contribution in [0.5, 0.6) is 5.75 Å². The molecule has 1 heterocycles. The van der Waals surface area contributed by atoms with E-state index in [0.717, 1.165) is 43.2 Å². The molecule has 0 saturated carbocycles. The van der Waals surface area contributed by atoms with E-state index in [1.54, 1.807) is 17.6 Å². The topological polar surface area (TPSA) is 46.5 Å². The van der Waals surface area contributed by atoms with Gasteiger partial charge in [0.05, 0.1) is 11.9 Å². The number of anilines is 1. The third-order valence-electron chi connectivity index (χ3n) is 4.39.